The summed E-state index contributed by atoms with van der Waals surface area (Å²) in [6.07, 6.45) is 3.87. The number of rotatable bonds is 2. The van der Waals surface area contributed by atoms with Crippen LogP contribution in [0.3, 0.4) is 0 Å². The molecule has 0 unspecified atom stereocenters. The molecular weight excluding hydrogens is 283 g/mol. The van der Waals surface area contributed by atoms with Crippen molar-refractivity contribution >= 4 is 28.4 Å². The summed E-state index contributed by atoms with van der Waals surface area (Å²) < 4.78 is 13.4. The number of hydrogen-bond donors (Lipinski definition) is 0. The fraction of sp³-hybridized carbons (Fsp3) is 0.800. The largest absolute Gasteiger partial charge is 0.507 e. The van der Waals surface area contributed by atoms with Crippen LogP contribution in [0.1, 0.15) is 52.7 Å². The number of hydrogen-bond acceptors (Lipinski definition) is 5. The summed E-state index contributed by atoms with van der Waals surface area (Å²) in [7, 11) is -0.286. The van der Waals surface area contributed by atoms with Crippen molar-refractivity contribution in [1.82, 2.24) is 4.98 Å². The molecule has 6 heteroatoms. The SMILES string of the molecule is Cc1nc(N2CCCCC2)sc1B1OC(C)(C)C(C)(C)O1. The Bertz CT molecular complexity index is 508. The topological polar surface area (TPSA) is 34.6 Å². The van der Waals surface area contributed by atoms with Crippen molar-refractivity contribution in [2.45, 2.75) is 65.1 Å². The first-order chi connectivity index (χ1) is 9.80. The molecule has 0 N–H and O–H groups in total. The van der Waals surface area contributed by atoms with Crippen LogP contribution in [-0.4, -0.2) is 36.4 Å². The molecule has 1 aromatic heterocycles. The number of piperidine rings is 1. The molecular formula is C15H25BN2O2S. The van der Waals surface area contributed by atoms with Gasteiger partial charge in [0.15, 0.2) is 5.13 Å². The standard InChI is InChI=1S/C15H25BN2O2S/c1-11-12(16-19-14(2,3)15(4,5)20-16)21-13(17-11)18-9-7-6-8-10-18/h6-10H2,1-5H3. The van der Waals surface area contributed by atoms with Crippen LogP contribution in [-0.2, 0) is 9.31 Å². The van der Waals surface area contributed by atoms with E-state index in [-0.39, 0.29) is 18.3 Å². The highest BCUT2D eigenvalue weighted by Gasteiger charge is 2.53. The number of nitrogens with zero attached hydrogens (tertiary/aromatic N) is 2. The van der Waals surface area contributed by atoms with E-state index in [9.17, 15) is 0 Å². The molecule has 4 nitrogen and oxygen atoms in total. The van der Waals surface area contributed by atoms with Crippen LogP contribution in [0.5, 0.6) is 0 Å². The minimum Gasteiger partial charge on any atom is -0.399 e. The summed E-state index contributed by atoms with van der Waals surface area (Å²) in [6, 6.07) is 0. The first-order valence-corrected chi connectivity index (χ1v) is 8.70. The van der Waals surface area contributed by atoms with E-state index in [1.807, 2.05) is 0 Å². The summed E-state index contributed by atoms with van der Waals surface area (Å²) in [5, 5.41) is 1.12. The second-order valence-corrected chi connectivity index (χ2v) is 8.09. The Morgan fingerprint density at radius 3 is 2.19 bits per heavy atom. The lowest BCUT2D eigenvalue weighted by Crippen LogP contribution is -2.41. The van der Waals surface area contributed by atoms with Crippen LogP contribution < -0.4 is 9.68 Å². The zero-order chi connectivity index (χ0) is 15.3. The van der Waals surface area contributed by atoms with Crippen LogP contribution >= 0.6 is 11.3 Å². The molecule has 1 aromatic rings. The van der Waals surface area contributed by atoms with Gasteiger partial charge in [0.1, 0.15) is 0 Å². The van der Waals surface area contributed by atoms with Gasteiger partial charge in [0.25, 0.3) is 0 Å². The zero-order valence-electron chi connectivity index (χ0n) is 13.7. The highest BCUT2D eigenvalue weighted by atomic mass is 32.1. The maximum Gasteiger partial charge on any atom is 0.507 e. The fourth-order valence-electron chi connectivity index (χ4n) is 2.78. The fourth-order valence-corrected chi connectivity index (χ4v) is 3.86. The molecule has 3 heterocycles. The number of thiazole rings is 1. The van der Waals surface area contributed by atoms with E-state index in [0.717, 1.165) is 28.7 Å². The van der Waals surface area contributed by atoms with E-state index in [4.69, 9.17) is 14.3 Å². The van der Waals surface area contributed by atoms with Gasteiger partial charge in [-0.05, 0) is 53.9 Å². The van der Waals surface area contributed by atoms with Gasteiger partial charge in [0, 0.05) is 13.1 Å². The molecule has 2 aliphatic rings. The highest BCUT2D eigenvalue weighted by Crippen LogP contribution is 2.37. The monoisotopic (exact) mass is 308 g/mol. The van der Waals surface area contributed by atoms with Gasteiger partial charge in [-0.1, -0.05) is 0 Å². The van der Waals surface area contributed by atoms with E-state index in [1.54, 1.807) is 11.3 Å². The number of aromatic nitrogens is 1. The predicted octanol–water partition coefficient (Wildman–Crippen LogP) is 2.74. The van der Waals surface area contributed by atoms with Crippen molar-refractivity contribution < 1.29 is 9.31 Å². The molecule has 3 rings (SSSR count). The second-order valence-electron chi connectivity index (χ2n) is 7.08. The lowest BCUT2D eigenvalue weighted by atomic mass is 9.86. The Labute approximate surface area is 132 Å². The summed E-state index contributed by atoms with van der Waals surface area (Å²) in [5.74, 6) is 0. The molecule has 0 amide bonds. The van der Waals surface area contributed by atoms with Crippen molar-refractivity contribution in [2.75, 3.05) is 18.0 Å². The Hall–Kier alpha value is -0.585. The van der Waals surface area contributed by atoms with Gasteiger partial charge in [-0.25, -0.2) is 4.98 Å². The van der Waals surface area contributed by atoms with Crippen LogP contribution in [0.4, 0.5) is 5.13 Å². The highest BCUT2D eigenvalue weighted by molar-refractivity contribution is 7.25. The van der Waals surface area contributed by atoms with Gasteiger partial charge in [0.2, 0.25) is 0 Å². The quantitative estimate of drug-likeness (QED) is 0.787. The van der Waals surface area contributed by atoms with Crippen molar-refractivity contribution in [1.29, 1.82) is 0 Å². The Morgan fingerprint density at radius 1 is 1.05 bits per heavy atom. The Balaban J connectivity index is 1.82. The third-order valence-corrected chi connectivity index (χ3v) is 6.15. The first kappa shape index (κ1) is 15.3. The van der Waals surface area contributed by atoms with Crippen molar-refractivity contribution in [3.05, 3.63) is 5.69 Å². The number of aryl methyl sites for hydroxylation is 1. The third-order valence-electron chi connectivity index (χ3n) is 4.92. The molecule has 2 aliphatic heterocycles. The minimum atomic E-state index is -0.292. The molecule has 0 aliphatic carbocycles. The van der Waals surface area contributed by atoms with Crippen LogP contribution in [0.2, 0.25) is 0 Å². The summed E-state index contributed by atoms with van der Waals surface area (Å²) in [6.45, 7) is 12.7. The molecule has 0 bridgehead atoms. The van der Waals surface area contributed by atoms with Gasteiger partial charge in [-0.15, -0.1) is 11.3 Å². The van der Waals surface area contributed by atoms with E-state index < -0.39 is 0 Å². The molecule has 2 saturated heterocycles. The normalized spacial score (nSPS) is 24.6. The van der Waals surface area contributed by atoms with Crippen LogP contribution in [0.15, 0.2) is 0 Å². The molecule has 0 spiro atoms. The van der Waals surface area contributed by atoms with Gasteiger partial charge < -0.3 is 14.2 Å². The molecule has 0 atom stereocenters. The molecule has 0 saturated carbocycles. The van der Waals surface area contributed by atoms with Gasteiger partial charge >= 0.3 is 7.12 Å². The summed E-state index contributed by atoms with van der Waals surface area (Å²) in [5.41, 5.74) is 0.456. The van der Waals surface area contributed by atoms with E-state index in [1.165, 1.54) is 19.3 Å². The van der Waals surface area contributed by atoms with E-state index >= 15 is 0 Å². The average molecular weight is 308 g/mol. The zero-order valence-corrected chi connectivity index (χ0v) is 14.5. The maximum absolute atomic E-state index is 6.16. The maximum atomic E-state index is 6.16. The van der Waals surface area contributed by atoms with Gasteiger partial charge in [-0.3, -0.25) is 0 Å². The summed E-state index contributed by atoms with van der Waals surface area (Å²) in [4.78, 5) is 7.16. The molecule has 0 aromatic carbocycles. The minimum absolute atomic E-state index is 0.286. The predicted molar refractivity (Wildman–Crippen MR) is 88.6 cm³/mol. The van der Waals surface area contributed by atoms with Crippen LogP contribution in [0.25, 0.3) is 0 Å². The number of anilines is 1. The third kappa shape index (κ3) is 2.73. The summed E-state index contributed by atoms with van der Waals surface area (Å²) >= 11 is 1.73. The second kappa shape index (κ2) is 5.25. The van der Waals surface area contributed by atoms with E-state index in [0.29, 0.717) is 0 Å². The lowest BCUT2D eigenvalue weighted by Gasteiger charge is -2.32. The average Bonchev–Trinajstić information content (AvgIpc) is 2.89. The van der Waals surface area contributed by atoms with Gasteiger partial charge in [0.05, 0.1) is 21.7 Å². The van der Waals surface area contributed by atoms with Crippen LogP contribution in [0, 0.1) is 6.92 Å². The molecule has 21 heavy (non-hydrogen) atoms. The molecule has 0 radical (unpaired) electrons. The van der Waals surface area contributed by atoms with Crippen molar-refractivity contribution in [3.63, 3.8) is 0 Å². The Kier molecular flexibility index (Phi) is 3.83. The van der Waals surface area contributed by atoms with Gasteiger partial charge in [-0.2, -0.15) is 0 Å². The van der Waals surface area contributed by atoms with Crippen molar-refractivity contribution in [2.24, 2.45) is 0 Å². The smallest absolute Gasteiger partial charge is 0.399 e. The van der Waals surface area contributed by atoms with E-state index in [2.05, 4.69) is 39.5 Å². The first-order valence-electron chi connectivity index (χ1n) is 7.88. The lowest BCUT2D eigenvalue weighted by molar-refractivity contribution is 0.00578. The molecule has 2 fully saturated rings. The van der Waals surface area contributed by atoms with Crippen molar-refractivity contribution in [3.8, 4) is 0 Å². The Morgan fingerprint density at radius 2 is 1.62 bits per heavy atom. The molecule has 116 valence electrons.